The molecule has 9 heteroatoms. The van der Waals surface area contributed by atoms with Gasteiger partial charge in [0, 0.05) is 22.1 Å². The van der Waals surface area contributed by atoms with Crippen LogP contribution in [0.3, 0.4) is 0 Å². The molecule has 0 spiro atoms. The zero-order valence-corrected chi connectivity index (χ0v) is 16.8. The third-order valence-corrected chi connectivity index (χ3v) is 6.17. The maximum absolute atomic E-state index is 13.0. The Kier molecular flexibility index (Phi) is 5.62. The van der Waals surface area contributed by atoms with Crippen molar-refractivity contribution in [3.05, 3.63) is 62.9 Å². The molecule has 0 aliphatic carbocycles. The third-order valence-electron chi connectivity index (χ3n) is 3.55. The van der Waals surface area contributed by atoms with E-state index in [4.69, 9.17) is 23.2 Å². The molecule has 0 aliphatic heterocycles. The summed E-state index contributed by atoms with van der Waals surface area (Å²) in [5.74, 6) is 0.259. The Morgan fingerprint density at radius 2 is 1.85 bits per heavy atom. The average molecular weight is 429 g/mol. The second kappa shape index (κ2) is 7.60. The fraction of sp³-hybridized carbons (Fsp3) is 0.176. The number of halogens is 2. The molecule has 0 saturated carbocycles. The first-order chi connectivity index (χ1) is 12.2. The molecule has 26 heavy (non-hydrogen) atoms. The highest BCUT2D eigenvalue weighted by atomic mass is 35.5. The first kappa shape index (κ1) is 19.2. The smallest absolute Gasteiger partial charge is 0.266 e. The van der Waals surface area contributed by atoms with Gasteiger partial charge in [0.25, 0.3) is 5.56 Å². The Morgan fingerprint density at radius 1 is 1.12 bits per heavy atom. The van der Waals surface area contributed by atoms with Crippen molar-refractivity contribution in [2.75, 3.05) is 17.8 Å². The lowest BCUT2D eigenvalue weighted by atomic mass is 10.2. The fourth-order valence-corrected chi connectivity index (χ4v) is 4.92. The molecule has 0 N–H and O–H groups in total. The molecule has 0 unspecified atom stereocenters. The maximum atomic E-state index is 13.0. The van der Waals surface area contributed by atoms with Crippen LogP contribution in [0.1, 0.15) is 0 Å². The van der Waals surface area contributed by atoms with E-state index in [9.17, 15) is 13.2 Å². The van der Waals surface area contributed by atoms with Gasteiger partial charge in [-0.25, -0.2) is 13.4 Å². The summed E-state index contributed by atoms with van der Waals surface area (Å²) in [6, 6.07) is 11.7. The molecule has 2 aromatic carbocycles. The Balaban J connectivity index is 2.18. The molecular weight excluding hydrogens is 415 g/mol. The SMILES string of the molecule is CS(=O)(=O)CCSc1nc2cc(Cl)ccc2c(=O)n1-c1cccc(Cl)c1. The number of aromatic nitrogens is 2. The van der Waals surface area contributed by atoms with Crippen LogP contribution in [-0.4, -0.2) is 35.7 Å². The third kappa shape index (κ3) is 4.40. The molecule has 1 heterocycles. The number of fused-ring (bicyclic) bond motifs is 1. The summed E-state index contributed by atoms with van der Waals surface area (Å²) in [6.07, 6.45) is 1.17. The van der Waals surface area contributed by atoms with Crippen LogP contribution >= 0.6 is 35.0 Å². The van der Waals surface area contributed by atoms with Gasteiger partial charge in [0.1, 0.15) is 9.84 Å². The van der Waals surface area contributed by atoms with Crippen molar-refractivity contribution in [2.45, 2.75) is 5.16 Å². The highest BCUT2D eigenvalue weighted by Gasteiger charge is 2.15. The molecule has 3 rings (SSSR count). The highest BCUT2D eigenvalue weighted by molar-refractivity contribution is 8.00. The largest absolute Gasteiger partial charge is 0.268 e. The quantitative estimate of drug-likeness (QED) is 0.456. The van der Waals surface area contributed by atoms with Crippen LogP contribution in [0, 0.1) is 0 Å². The van der Waals surface area contributed by atoms with E-state index in [1.54, 1.807) is 42.5 Å². The predicted octanol–water partition coefficient (Wildman–Crippen LogP) is 3.83. The lowest BCUT2D eigenvalue weighted by molar-refractivity contribution is 0.603. The molecule has 0 fully saturated rings. The number of thioether (sulfide) groups is 1. The minimum absolute atomic E-state index is 0.0172. The molecule has 0 saturated heterocycles. The number of hydrogen-bond acceptors (Lipinski definition) is 5. The van der Waals surface area contributed by atoms with E-state index in [0.717, 1.165) is 0 Å². The minimum atomic E-state index is -3.12. The number of rotatable bonds is 5. The van der Waals surface area contributed by atoms with Gasteiger partial charge in [-0.3, -0.25) is 9.36 Å². The van der Waals surface area contributed by atoms with Crippen LogP contribution in [0.25, 0.3) is 16.6 Å². The zero-order valence-electron chi connectivity index (χ0n) is 13.6. The van der Waals surface area contributed by atoms with E-state index in [0.29, 0.717) is 31.8 Å². The van der Waals surface area contributed by atoms with Gasteiger partial charge in [-0.2, -0.15) is 0 Å². The Hall–Kier alpha value is -1.54. The van der Waals surface area contributed by atoms with Crippen molar-refractivity contribution < 1.29 is 8.42 Å². The van der Waals surface area contributed by atoms with Gasteiger partial charge in [0.2, 0.25) is 0 Å². The monoisotopic (exact) mass is 428 g/mol. The average Bonchev–Trinajstić information content (AvgIpc) is 2.53. The van der Waals surface area contributed by atoms with Gasteiger partial charge >= 0.3 is 0 Å². The van der Waals surface area contributed by atoms with Crippen LogP contribution in [0.5, 0.6) is 0 Å². The van der Waals surface area contributed by atoms with Gasteiger partial charge in [0.15, 0.2) is 5.16 Å². The summed E-state index contributed by atoms with van der Waals surface area (Å²) in [6.45, 7) is 0. The summed E-state index contributed by atoms with van der Waals surface area (Å²) in [5, 5.41) is 1.76. The van der Waals surface area contributed by atoms with Crippen molar-refractivity contribution in [3.8, 4) is 5.69 Å². The minimum Gasteiger partial charge on any atom is -0.268 e. The van der Waals surface area contributed by atoms with E-state index in [2.05, 4.69) is 4.98 Å². The Morgan fingerprint density at radius 3 is 2.54 bits per heavy atom. The summed E-state index contributed by atoms with van der Waals surface area (Å²) >= 11 is 13.3. The topological polar surface area (TPSA) is 69.0 Å². The van der Waals surface area contributed by atoms with E-state index < -0.39 is 9.84 Å². The first-order valence-corrected chi connectivity index (χ1v) is 11.3. The van der Waals surface area contributed by atoms with Crippen LogP contribution in [-0.2, 0) is 9.84 Å². The van der Waals surface area contributed by atoms with Gasteiger partial charge in [-0.1, -0.05) is 41.0 Å². The molecule has 136 valence electrons. The van der Waals surface area contributed by atoms with Gasteiger partial charge in [-0.15, -0.1) is 0 Å². The fourth-order valence-electron chi connectivity index (χ4n) is 2.36. The normalized spacial score (nSPS) is 11.8. The van der Waals surface area contributed by atoms with Crippen LogP contribution in [0.4, 0.5) is 0 Å². The van der Waals surface area contributed by atoms with Crippen molar-refractivity contribution in [3.63, 3.8) is 0 Å². The molecule has 1 aromatic heterocycles. The van der Waals surface area contributed by atoms with Crippen LogP contribution in [0.15, 0.2) is 52.4 Å². The molecule has 3 aromatic rings. The summed E-state index contributed by atoms with van der Waals surface area (Å²) in [7, 11) is -3.12. The Labute approximate surface area is 164 Å². The second-order valence-electron chi connectivity index (χ2n) is 5.65. The van der Waals surface area contributed by atoms with Crippen molar-refractivity contribution >= 4 is 55.7 Å². The van der Waals surface area contributed by atoms with Crippen LogP contribution < -0.4 is 5.56 Å². The second-order valence-corrected chi connectivity index (χ2v) is 9.85. The number of nitrogens with zero attached hydrogens (tertiary/aromatic N) is 2. The summed E-state index contributed by atoms with van der Waals surface area (Å²) in [4.78, 5) is 17.6. The molecular formula is C17H14Cl2N2O3S2. The number of benzene rings is 2. The summed E-state index contributed by atoms with van der Waals surface area (Å²) in [5.41, 5.74) is 0.757. The van der Waals surface area contributed by atoms with Crippen LogP contribution in [0.2, 0.25) is 10.0 Å². The predicted molar refractivity (Wildman–Crippen MR) is 108 cm³/mol. The lowest BCUT2D eigenvalue weighted by Gasteiger charge is -2.13. The van der Waals surface area contributed by atoms with E-state index >= 15 is 0 Å². The molecule has 0 radical (unpaired) electrons. The van der Waals surface area contributed by atoms with E-state index in [1.165, 1.54) is 22.6 Å². The number of hydrogen-bond donors (Lipinski definition) is 0. The van der Waals surface area contributed by atoms with Gasteiger partial charge < -0.3 is 0 Å². The van der Waals surface area contributed by atoms with Crippen molar-refractivity contribution in [1.29, 1.82) is 0 Å². The molecule has 0 bridgehead atoms. The standard InChI is InChI=1S/C17H14Cl2N2O3S2/c1-26(23,24)8-7-25-17-20-15-10-12(19)5-6-14(15)16(22)21(17)13-4-2-3-11(18)9-13/h2-6,9-10H,7-8H2,1H3. The molecule has 0 atom stereocenters. The van der Waals surface area contributed by atoms with Crippen molar-refractivity contribution in [2.24, 2.45) is 0 Å². The van der Waals surface area contributed by atoms with E-state index in [-0.39, 0.29) is 17.1 Å². The maximum Gasteiger partial charge on any atom is 0.266 e. The Bertz CT molecular complexity index is 1140. The highest BCUT2D eigenvalue weighted by Crippen LogP contribution is 2.24. The van der Waals surface area contributed by atoms with Gasteiger partial charge in [0.05, 0.1) is 22.3 Å². The van der Waals surface area contributed by atoms with Crippen molar-refractivity contribution in [1.82, 2.24) is 9.55 Å². The molecule has 0 amide bonds. The summed E-state index contributed by atoms with van der Waals surface area (Å²) < 4.78 is 24.3. The molecule has 5 nitrogen and oxygen atoms in total. The zero-order chi connectivity index (χ0) is 18.9. The lowest BCUT2D eigenvalue weighted by Crippen LogP contribution is -2.22. The molecule has 0 aliphatic rings. The van der Waals surface area contributed by atoms with E-state index in [1.807, 2.05) is 0 Å². The first-order valence-electron chi connectivity index (χ1n) is 7.53. The van der Waals surface area contributed by atoms with Gasteiger partial charge in [-0.05, 0) is 36.4 Å². The number of sulfone groups is 1.